The van der Waals surface area contributed by atoms with Crippen molar-refractivity contribution in [2.45, 2.75) is 57.3 Å². The molecule has 1 aromatic rings. The molecule has 3 aliphatic rings. The summed E-state index contributed by atoms with van der Waals surface area (Å²) in [4.78, 5) is 15.1. The van der Waals surface area contributed by atoms with Gasteiger partial charge in [-0.3, -0.25) is 0 Å². The minimum absolute atomic E-state index is 0.0844. The zero-order chi connectivity index (χ0) is 14.7. The molecule has 1 heterocycles. The molecule has 1 aromatic heterocycles. The molecule has 0 unspecified atom stereocenters. The molecule has 4 rings (SSSR count). The van der Waals surface area contributed by atoms with Crippen molar-refractivity contribution in [1.29, 1.82) is 0 Å². The quantitative estimate of drug-likeness (QED) is 0.862. The molecule has 2 spiro atoms. The summed E-state index contributed by atoms with van der Waals surface area (Å²) < 4.78 is 5.15. The number of rotatable bonds is 4. The van der Waals surface area contributed by atoms with Gasteiger partial charge in [0.15, 0.2) is 5.82 Å². The van der Waals surface area contributed by atoms with Gasteiger partial charge in [0.25, 0.3) is 0 Å². The molecule has 3 saturated carbocycles. The number of hydrogen-bond acceptors (Lipinski definition) is 4. The summed E-state index contributed by atoms with van der Waals surface area (Å²) in [5.74, 6) is 0.501. The maximum Gasteiger partial charge on any atom is 0.331 e. The molecular formula is C16H20N2O3. The van der Waals surface area contributed by atoms with Crippen LogP contribution >= 0.6 is 0 Å². The third-order valence-electron chi connectivity index (χ3n) is 5.79. The van der Waals surface area contributed by atoms with E-state index in [4.69, 9.17) is 9.63 Å². The molecule has 1 N–H and O–H groups in total. The van der Waals surface area contributed by atoms with Crippen LogP contribution in [0.3, 0.4) is 0 Å². The molecule has 3 fully saturated rings. The smallest absolute Gasteiger partial charge is 0.331 e. The van der Waals surface area contributed by atoms with Crippen LogP contribution in [0.5, 0.6) is 0 Å². The van der Waals surface area contributed by atoms with Crippen molar-refractivity contribution in [3.8, 4) is 0 Å². The summed E-state index contributed by atoms with van der Waals surface area (Å²) in [5.41, 5.74) is 1.37. The zero-order valence-electron chi connectivity index (χ0n) is 12.1. The van der Waals surface area contributed by atoms with E-state index >= 15 is 0 Å². The minimum Gasteiger partial charge on any atom is -0.478 e. The third kappa shape index (κ3) is 2.01. The molecule has 112 valence electrons. The first-order valence-electron chi connectivity index (χ1n) is 7.73. The van der Waals surface area contributed by atoms with Crippen LogP contribution in [0.4, 0.5) is 0 Å². The second-order valence-corrected chi connectivity index (χ2v) is 7.44. The fraction of sp³-hybridized carbons (Fsp3) is 0.688. The molecular weight excluding hydrogens is 268 g/mol. The number of carboxylic acid groups (broad SMARTS) is 1. The van der Waals surface area contributed by atoms with Gasteiger partial charge < -0.3 is 9.63 Å². The third-order valence-corrected chi connectivity index (χ3v) is 5.79. The van der Waals surface area contributed by atoms with Crippen molar-refractivity contribution in [3.63, 3.8) is 0 Å². The van der Waals surface area contributed by atoms with E-state index in [9.17, 15) is 4.79 Å². The highest BCUT2D eigenvalue weighted by molar-refractivity contribution is 5.86. The predicted molar refractivity (Wildman–Crippen MR) is 74.7 cm³/mol. The number of nitrogens with zero attached hydrogens (tertiary/aromatic N) is 2. The molecule has 0 bridgehead atoms. The standard InChI is InChI=1S/C16H20N2O3/c1-10(14(19)20)5-12-17-13(18-21-12)11-6-16(7-11)8-15(9-16)3-2-4-15/h11H,1-9H2,(H,19,20). The van der Waals surface area contributed by atoms with Crippen LogP contribution in [-0.2, 0) is 11.2 Å². The van der Waals surface area contributed by atoms with Gasteiger partial charge in [0, 0.05) is 11.5 Å². The van der Waals surface area contributed by atoms with Gasteiger partial charge in [0.1, 0.15) is 0 Å². The van der Waals surface area contributed by atoms with E-state index in [1.54, 1.807) is 0 Å². The largest absolute Gasteiger partial charge is 0.478 e. The van der Waals surface area contributed by atoms with Gasteiger partial charge in [0.2, 0.25) is 5.89 Å². The second kappa shape index (κ2) is 4.18. The van der Waals surface area contributed by atoms with E-state index in [1.165, 1.54) is 44.9 Å². The summed E-state index contributed by atoms with van der Waals surface area (Å²) in [5, 5.41) is 12.8. The first kappa shape index (κ1) is 13.0. The molecule has 21 heavy (non-hydrogen) atoms. The molecule has 5 nitrogen and oxygen atoms in total. The van der Waals surface area contributed by atoms with Crippen LogP contribution in [0.1, 0.15) is 62.6 Å². The molecule has 0 radical (unpaired) electrons. The van der Waals surface area contributed by atoms with Crippen molar-refractivity contribution in [2.75, 3.05) is 0 Å². The molecule has 3 aliphatic carbocycles. The Morgan fingerprint density at radius 3 is 2.62 bits per heavy atom. The van der Waals surface area contributed by atoms with Gasteiger partial charge in [-0.1, -0.05) is 18.2 Å². The second-order valence-electron chi connectivity index (χ2n) is 7.44. The highest BCUT2D eigenvalue weighted by atomic mass is 16.5. The van der Waals surface area contributed by atoms with Crippen LogP contribution in [-0.4, -0.2) is 21.2 Å². The minimum atomic E-state index is -1.02. The first-order valence-corrected chi connectivity index (χ1v) is 7.73. The van der Waals surface area contributed by atoms with Crippen LogP contribution in [0.2, 0.25) is 0 Å². The fourth-order valence-corrected chi connectivity index (χ4v) is 4.79. The number of aromatic nitrogens is 2. The molecule has 0 amide bonds. The van der Waals surface area contributed by atoms with E-state index in [0.717, 1.165) is 5.82 Å². The Labute approximate surface area is 123 Å². The van der Waals surface area contributed by atoms with Crippen molar-refractivity contribution in [1.82, 2.24) is 10.1 Å². The lowest BCUT2D eigenvalue weighted by Crippen LogP contribution is -2.55. The molecule has 0 saturated heterocycles. The van der Waals surface area contributed by atoms with E-state index < -0.39 is 5.97 Å². The number of carbonyl (C=O) groups is 1. The van der Waals surface area contributed by atoms with Crippen molar-refractivity contribution in [2.24, 2.45) is 10.8 Å². The lowest BCUT2D eigenvalue weighted by atomic mass is 9.38. The Morgan fingerprint density at radius 1 is 1.33 bits per heavy atom. The van der Waals surface area contributed by atoms with Crippen LogP contribution in [0, 0.1) is 10.8 Å². The molecule has 0 atom stereocenters. The van der Waals surface area contributed by atoms with Gasteiger partial charge in [-0.05, 0) is 49.4 Å². The summed E-state index contributed by atoms with van der Waals surface area (Å²) in [6, 6.07) is 0. The maximum absolute atomic E-state index is 10.7. The van der Waals surface area contributed by atoms with Crippen LogP contribution < -0.4 is 0 Å². The predicted octanol–water partition coefficient (Wildman–Crippen LogP) is 3.08. The summed E-state index contributed by atoms with van der Waals surface area (Å²) in [6.07, 6.45) is 9.56. The van der Waals surface area contributed by atoms with Crippen molar-refractivity contribution in [3.05, 3.63) is 23.9 Å². The van der Waals surface area contributed by atoms with E-state index in [-0.39, 0.29) is 12.0 Å². The summed E-state index contributed by atoms with van der Waals surface area (Å²) >= 11 is 0. The average Bonchev–Trinajstić information content (AvgIpc) is 2.71. The van der Waals surface area contributed by atoms with Crippen molar-refractivity contribution >= 4 is 5.97 Å². The maximum atomic E-state index is 10.7. The lowest BCUT2D eigenvalue weighted by Gasteiger charge is -2.66. The summed E-state index contributed by atoms with van der Waals surface area (Å²) in [6.45, 7) is 3.49. The normalized spacial score (nSPS) is 25.1. The van der Waals surface area contributed by atoms with Crippen LogP contribution in [0.25, 0.3) is 0 Å². The van der Waals surface area contributed by atoms with Gasteiger partial charge >= 0.3 is 5.97 Å². The number of hydrogen-bond donors (Lipinski definition) is 1. The highest BCUT2D eigenvalue weighted by Crippen LogP contribution is 2.73. The molecule has 0 aromatic carbocycles. The highest BCUT2D eigenvalue weighted by Gasteiger charge is 2.62. The van der Waals surface area contributed by atoms with E-state index in [1.807, 2.05) is 0 Å². The van der Waals surface area contributed by atoms with Crippen molar-refractivity contribution < 1.29 is 14.4 Å². The van der Waals surface area contributed by atoms with Gasteiger partial charge in [-0.25, -0.2) is 4.79 Å². The summed E-state index contributed by atoms with van der Waals surface area (Å²) in [7, 11) is 0. The Hall–Kier alpha value is -1.65. The Bertz CT molecular complexity index is 599. The average molecular weight is 288 g/mol. The zero-order valence-corrected chi connectivity index (χ0v) is 12.1. The van der Waals surface area contributed by atoms with E-state index in [0.29, 0.717) is 22.6 Å². The first-order chi connectivity index (χ1) is 9.99. The fourth-order valence-electron chi connectivity index (χ4n) is 4.79. The monoisotopic (exact) mass is 288 g/mol. The van der Waals surface area contributed by atoms with Gasteiger partial charge in [-0.15, -0.1) is 0 Å². The lowest BCUT2D eigenvalue weighted by molar-refractivity contribution is -0.149. The van der Waals surface area contributed by atoms with Gasteiger partial charge in [-0.2, -0.15) is 4.98 Å². The number of carboxylic acids is 1. The van der Waals surface area contributed by atoms with Gasteiger partial charge in [0.05, 0.1) is 6.42 Å². The Kier molecular flexibility index (Phi) is 2.60. The van der Waals surface area contributed by atoms with Crippen LogP contribution in [0.15, 0.2) is 16.7 Å². The molecule has 5 heteroatoms. The Morgan fingerprint density at radius 2 is 2.05 bits per heavy atom. The molecule has 0 aliphatic heterocycles. The number of aliphatic carboxylic acids is 1. The van der Waals surface area contributed by atoms with E-state index in [2.05, 4.69) is 16.7 Å². The SMILES string of the molecule is C=C(Cc1nc(C2CC3(C2)CC2(CCC2)C3)no1)C(=O)O. The Balaban J connectivity index is 1.34. The topological polar surface area (TPSA) is 76.2 Å².